The molecular weight excluding hydrogens is 272 g/mol. The van der Waals surface area contributed by atoms with E-state index < -0.39 is 0 Å². The van der Waals surface area contributed by atoms with Gasteiger partial charge in [-0.2, -0.15) is 0 Å². The van der Waals surface area contributed by atoms with E-state index in [0.29, 0.717) is 10.5 Å². The zero-order chi connectivity index (χ0) is 14.5. The predicted molar refractivity (Wildman–Crippen MR) is 91.2 cm³/mol. The Balaban J connectivity index is 2.20. The van der Waals surface area contributed by atoms with Crippen molar-refractivity contribution in [1.82, 2.24) is 0 Å². The molecule has 0 N–H and O–H groups in total. The second kappa shape index (κ2) is 6.42. The minimum atomic E-state index is -0.380. The summed E-state index contributed by atoms with van der Waals surface area (Å²) in [6.07, 6.45) is 7.26. The van der Waals surface area contributed by atoms with Crippen molar-refractivity contribution >= 4 is 10.5 Å². The molecule has 0 spiro atoms. The standard InChI is InChI=1S/C19H22OSi/c21-20-19(16-10-4-1-5-11-16,17-12-6-2-7-13-17)18-14-8-3-9-15-18/h1-2,4-7,10-14H,3,8-9,15H2,21H3. The summed E-state index contributed by atoms with van der Waals surface area (Å²) < 4.78 is 6.32. The maximum atomic E-state index is 6.32. The van der Waals surface area contributed by atoms with Gasteiger partial charge in [0.2, 0.25) is 0 Å². The first-order valence-electron chi connectivity index (χ1n) is 7.73. The average molecular weight is 294 g/mol. The van der Waals surface area contributed by atoms with Crippen LogP contribution >= 0.6 is 0 Å². The molecule has 0 aliphatic heterocycles. The van der Waals surface area contributed by atoms with Gasteiger partial charge in [0.15, 0.2) is 0 Å². The fourth-order valence-corrected chi connectivity index (χ4v) is 4.14. The molecular formula is C19H22OSi. The Morgan fingerprint density at radius 2 is 1.38 bits per heavy atom. The molecule has 0 amide bonds. The fourth-order valence-electron chi connectivity index (χ4n) is 3.41. The van der Waals surface area contributed by atoms with Crippen LogP contribution in [0.25, 0.3) is 0 Å². The molecule has 0 fully saturated rings. The highest BCUT2D eigenvalue weighted by molar-refractivity contribution is 5.99. The lowest BCUT2D eigenvalue weighted by molar-refractivity contribution is 0.160. The van der Waals surface area contributed by atoms with Crippen molar-refractivity contribution in [3.63, 3.8) is 0 Å². The maximum Gasteiger partial charge on any atom is 0.148 e. The van der Waals surface area contributed by atoms with Crippen molar-refractivity contribution in [2.75, 3.05) is 0 Å². The average Bonchev–Trinajstić information content (AvgIpc) is 2.59. The molecule has 3 rings (SSSR count). The van der Waals surface area contributed by atoms with E-state index >= 15 is 0 Å². The largest absolute Gasteiger partial charge is 0.411 e. The summed E-state index contributed by atoms with van der Waals surface area (Å²) in [7, 11) is 0.709. The van der Waals surface area contributed by atoms with Gasteiger partial charge in [0.05, 0.1) is 0 Å². The molecule has 0 atom stereocenters. The van der Waals surface area contributed by atoms with Gasteiger partial charge in [-0.1, -0.05) is 66.7 Å². The zero-order valence-corrected chi connectivity index (χ0v) is 14.6. The lowest BCUT2D eigenvalue weighted by atomic mass is 9.76. The second-order valence-corrected chi connectivity index (χ2v) is 6.00. The predicted octanol–water partition coefficient (Wildman–Crippen LogP) is 3.73. The Bertz CT molecular complexity index is 564. The van der Waals surface area contributed by atoms with Crippen molar-refractivity contribution in [2.45, 2.75) is 31.3 Å². The molecule has 0 bridgehead atoms. The number of hydrogen-bond donors (Lipinski definition) is 0. The summed E-state index contributed by atoms with van der Waals surface area (Å²) in [6, 6.07) is 21.4. The van der Waals surface area contributed by atoms with Crippen molar-refractivity contribution in [3.8, 4) is 0 Å². The first-order chi connectivity index (χ1) is 10.4. The number of benzene rings is 2. The molecule has 0 unspecified atom stereocenters. The smallest absolute Gasteiger partial charge is 0.148 e. The van der Waals surface area contributed by atoms with E-state index in [1.165, 1.54) is 36.0 Å². The molecule has 0 radical (unpaired) electrons. The summed E-state index contributed by atoms with van der Waals surface area (Å²) in [5, 5.41) is 0. The molecule has 1 aliphatic rings. The van der Waals surface area contributed by atoms with Crippen molar-refractivity contribution in [3.05, 3.63) is 83.4 Å². The van der Waals surface area contributed by atoms with Crippen LogP contribution in [0.3, 0.4) is 0 Å². The van der Waals surface area contributed by atoms with Gasteiger partial charge in [0, 0.05) is 0 Å². The molecule has 2 aromatic rings. The lowest BCUT2D eigenvalue weighted by Crippen LogP contribution is -2.33. The highest BCUT2D eigenvalue weighted by Gasteiger charge is 2.37. The van der Waals surface area contributed by atoms with Crippen LogP contribution < -0.4 is 0 Å². The first kappa shape index (κ1) is 14.3. The third kappa shape index (κ3) is 2.61. The molecule has 1 aliphatic carbocycles. The molecule has 21 heavy (non-hydrogen) atoms. The molecule has 0 saturated carbocycles. The Labute approximate surface area is 130 Å². The monoisotopic (exact) mass is 294 g/mol. The van der Waals surface area contributed by atoms with E-state index in [9.17, 15) is 0 Å². The second-order valence-electron chi connectivity index (χ2n) is 5.59. The first-order valence-corrected chi connectivity index (χ1v) is 8.55. The Morgan fingerprint density at radius 3 is 1.81 bits per heavy atom. The molecule has 0 heterocycles. The number of hydrogen-bond acceptors (Lipinski definition) is 1. The van der Waals surface area contributed by atoms with Gasteiger partial charge in [-0.05, 0) is 42.4 Å². The quantitative estimate of drug-likeness (QED) is 0.617. The summed E-state index contributed by atoms with van der Waals surface area (Å²) >= 11 is 0. The third-order valence-corrected chi connectivity index (χ3v) is 5.02. The Hall–Kier alpha value is -1.64. The van der Waals surface area contributed by atoms with Crippen LogP contribution in [-0.2, 0) is 10.0 Å². The molecule has 108 valence electrons. The fraction of sp³-hybridized carbons (Fsp3) is 0.263. The molecule has 0 aromatic heterocycles. The summed E-state index contributed by atoms with van der Waals surface area (Å²) in [4.78, 5) is 0. The summed E-state index contributed by atoms with van der Waals surface area (Å²) in [5.74, 6) is 0. The Kier molecular flexibility index (Phi) is 4.37. The van der Waals surface area contributed by atoms with Crippen LogP contribution in [0.15, 0.2) is 72.3 Å². The summed E-state index contributed by atoms with van der Waals surface area (Å²) in [6.45, 7) is 0. The van der Waals surface area contributed by atoms with Crippen molar-refractivity contribution in [1.29, 1.82) is 0 Å². The van der Waals surface area contributed by atoms with E-state index in [2.05, 4.69) is 66.7 Å². The maximum absolute atomic E-state index is 6.32. The topological polar surface area (TPSA) is 9.23 Å². The van der Waals surface area contributed by atoms with Gasteiger partial charge in [0.1, 0.15) is 16.1 Å². The van der Waals surface area contributed by atoms with Gasteiger partial charge in [-0.15, -0.1) is 0 Å². The van der Waals surface area contributed by atoms with E-state index in [0.717, 1.165) is 6.42 Å². The van der Waals surface area contributed by atoms with E-state index in [1.54, 1.807) is 0 Å². The summed E-state index contributed by atoms with van der Waals surface area (Å²) in [5.41, 5.74) is 3.55. The van der Waals surface area contributed by atoms with E-state index in [-0.39, 0.29) is 5.60 Å². The highest BCUT2D eigenvalue weighted by Crippen LogP contribution is 2.43. The number of rotatable bonds is 4. The van der Waals surface area contributed by atoms with Crippen LogP contribution in [0.4, 0.5) is 0 Å². The SMILES string of the molecule is [SiH3]OC(C1=CCCCC1)(c1ccccc1)c1ccccc1. The lowest BCUT2D eigenvalue weighted by Gasteiger charge is -2.38. The van der Waals surface area contributed by atoms with Crippen LogP contribution in [0, 0.1) is 0 Å². The van der Waals surface area contributed by atoms with Gasteiger partial charge < -0.3 is 4.43 Å². The van der Waals surface area contributed by atoms with Crippen molar-refractivity contribution in [2.24, 2.45) is 0 Å². The molecule has 2 aromatic carbocycles. The van der Waals surface area contributed by atoms with Crippen LogP contribution in [-0.4, -0.2) is 10.5 Å². The molecule has 1 nitrogen and oxygen atoms in total. The third-order valence-electron chi connectivity index (χ3n) is 4.41. The van der Waals surface area contributed by atoms with Crippen LogP contribution in [0.2, 0.25) is 0 Å². The minimum absolute atomic E-state index is 0.380. The van der Waals surface area contributed by atoms with Gasteiger partial charge in [-0.25, -0.2) is 0 Å². The normalized spacial score (nSPS) is 15.7. The molecule has 0 saturated heterocycles. The molecule has 2 heteroatoms. The van der Waals surface area contributed by atoms with E-state index in [1.807, 2.05) is 0 Å². The van der Waals surface area contributed by atoms with Gasteiger partial charge in [0.25, 0.3) is 0 Å². The van der Waals surface area contributed by atoms with Crippen LogP contribution in [0.1, 0.15) is 36.8 Å². The van der Waals surface area contributed by atoms with Gasteiger partial charge in [-0.3, -0.25) is 0 Å². The highest BCUT2D eigenvalue weighted by atomic mass is 28.2. The van der Waals surface area contributed by atoms with E-state index in [4.69, 9.17) is 4.43 Å². The zero-order valence-electron chi connectivity index (χ0n) is 12.6. The van der Waals surface area contributed by atoms with Crippen molar-refractivity contribution < 1.29 is 4.43 Å². The number of allylic oxidation sites excluding steroid dienone is 1. The van der Waals surface area contributed by atoms with Crippen LogP contribution in [0.5, 0.6) is 0 Å². The van der Waals surface area contributed by atoms with Gasteiger partial charge >= 0.3 is 0 Å². The Morgan fingerprint density at radius 1 is 0.810 bits per heavy atom. The minimum Gasteiger partial charge on any atom is -0.411 e.